The molecule has 4 heterocycles. The Bertz CT molecular complexity index is 1690. The van der Waals surface area contributed by atoms with Crippen LogP contribution in [0.1, 0.15) is 71.6 Å². The molecule has 1 amide bonds. The third-order valence-electron chi connectivity index (χ3n) is 11.9. The third kappa shape index (κ3) is 5.94. The lowest BCUT2D eigenvalue weighted by Gasteiger charge is -2.56. The molecule has 0 bridgehead atoms. The number of fused-ring (bicyclic) bond motifs is 5. The molecule has 13 nitrogen and oxygen atoms in total. The summed E-state index contributed by atoms with van der Waals surface area (Å²) in [6.45, 7) is 4.48. The van der Waals surface area contributed by atoms with Gasteiger partial charge < -0.3 is 5.11 Å². The molecule has 248 valence electrons. The van der Waals surface area contributed by atoms with Crippen molar-refractivity contribution >= 4 is 17.4 Å². The molecule has 0 saturated heterocycles. The van der Waals surface area contributed by atoms with Gasteiger partial charge in [-0.25, -0.2) is 4.79 Å². The van der Waals surface area contributed by atoms with Crippen LogP contribution in [0.4, 0.5) is 5.69 Å². The molecule has 0 radical (unpaired) electrons. The second-order valence-electron chi connectivity index (χ2n) is 14.7. The average molecular weight is 642 g/mol. The summed E-state index contributed by atoms with van der Waals surface area (Å²) in [6, 6.07) is 7.00. The van der Waals surface area contributed by atoms with E-state index in [4.69, 9.17) is 0 Å². The maximum absolute atomic E-state index is 13.6. The van der Waals surface area contributed by atoms with Gasteiger partial charge in [0.15, 0.2) is 5.78 Å². The smallest absolute Gasteiger partial charge is 0.368 e. The number of rotatable bonds is 5. The molecule has 4 aliphatic carbocycles. The number of carbonyl (C=O) groups is 2. The number of tetrazole rings is 1. The van der Waals surface area contributed by atoms with Crippen LogP contribution in [0.3, 0.4) is 0 Å². The van der Waals surface area contributed by atoms with E-state index in [0.717, 1.165) is 50.4 Å². The number of ketones is 1. The molecule has 4 fully saturated rings. The van der Waals surface area contributed by atoms with Gasteiger partial charge in [-0.3, -0.25) is 19.6 Å². The van der Waals surface area contributed by atoms with Gasteiger partial charge in [0, 0.05) is 18.3 Å². The second kappa shape index (κ2) is 12.5. The molecule has 1 aliphatic heterocycles. The zero-order valence-corrected chi connectivity index (χ0v) is 27.1. The molecule has 13 heteroatoms. The quantitative estimate of drug-likeness (QED) is 0.434. The topological polar surface area (TPSA) is 161 Å². The van der Waals surface area contributed by atoms with E-state index in [-0.39, 0.29) is 36.1 Å². The number of Topliss-reactive ketones (excluding diaryl/α,β-unsaturated/α-hetero) is 1. The number of hydrogen-bond acceptors (Lipinski definition) is 10. The summed E-state index contributed by atoms with van der Waals surface area (Å²) in [4.78, 5) is 45.4. The SMILES string of the molecule is C[C@@]1(O)CC[C@H]2[C@H](CC[C@@H]3[C@@H]2CC[C@]2(C)[C@@H](C(=O)Cn4nnn(-c5cccnc5)c4=O)CC[C@@H]32)C1.O=C1CN=NN1c1cccnc1. The standard InChI is InChI=1S/C27H37N5O3.C7H6N4O/c1-26(35)11-9-19-17(14-26)5-6-21-20(19)10-12-27(2)22(21)7-8-23(27)24(33)16-31-25(34)32(30-29-31)18-4-3-13-28-15-18;12-7-5-9-10-11(7)6-2-1-3-8-4-6/h3-4,13,15,17,19-23,35H,5-12,14,16H2,1-2H3;1-4H,5H2/t17-,19+,20-,21-,22+,23-,26-,27+;/m1./s1. The molecule has 8 rings (SSSR count). The molecule has 3 aromatic rings. The van der Waals surface area contributed by atoms with Gasteiger partial charge in [-0.1, -0.05) is 12.1 Å². The molecular weight excluding hydrogens is 598 g/mol. The first-order valence-electron chi connectivity index (χ1n) is 16.9. The highest BCUT2D eigenvalue weighted by molar-refractivity contribution is 5.95. The van der Waals surface area contributed by atoms with Crippen LogP contribution in [0.5, 0.6) is 0 Å². The summed E-state index contributed by atoms with van der Waals surface area (Å²) in [7, 11) is 0. The van der Waals surface area contributed by atoms with Gasteiger partial charge >= 0.3 is 5.69 Å². The number of amides is 1. The zero-order valence-electron chi connectivity index (χ0n) is 27.1. The van der Waals surface area contributed by atoms with Crippen molar-refractivity contribution in [3.8, 4) is 5.69 Å². The molecule has 47 heavy (non-hydrogen) atoms. The Hall–Kier alpha value is -4.13. The van der Waals surface area contributed by atoms with E-state index in [2.05, 4.69) is 37.7 Å². The zero-order chi connectivity index (χ0) is 32.8. The number of hydrogen-bond donors (Lipinski definition) is 1. The number of nitrogens with zero attached hydrogens (tertiary/aromatic N) is 9. The predicted molar refractivity (Wildman–Crippen MR) is 171 cm³/mol. The van der Waals surface area contributed by atoms with Crippen molar-refractivity contribution in [2.24, 2.45) is 51.3 Å². The van der Waals surface area contributed by atoms with E-state index < -0.39 is 11.3 Å². The highest BCUT2D eigenvalue weighted by atomic mass is 16.3. The van der Waals surface area contributed by atoms with Crippen LogP contribution in [0.15, 0.2) is 64.2 Å². The van der Waals surface area contributed by atoms with E-state index in [0.29, 0.717) is 29.1 Å². The molecule has 5 aliphatic rings. The van der Waals surface area contributed by atoms with Gasteiger partial charge in [0.25, 0.3) is 5.91 Å². The van der Waals surface area contributed by atoms with Crippen molar-refractivity contribution in [3.05, 3.63) is 59.5 Å². The lowest BCUT2D eigenvalue weighted by molar-refractivity contribution is -0.133. The number of aliphatic hydroxyl groups is 1. The summed E-state index contributed by atoms with van der Waals surface area (Å²) >= 11 is 0. The first-order valence-corrected chi connectivity index (χ1v) is 16.9. The fourth-order valence-corrected chi connectivity index (χ4v) is 9.83. The van der Waals surface area contributed by atoms with E-state index >= 15 is 0 Å². The molecule has 4 saturated carbocycles. The molecule has 3 aromatic heterocycles. The van der Waals surface area contributed by atoms with Crippen molar-refractivity contribution in [1.82, 2.24) is 29.8 Å². The largest absolute Gasteiger partial charge is 0.390 e. The molecular formula is C34H43N9O4. The van der Waals surface area contributed by atoms with Crippen molar-refractivity contribution in [3.63, 3.8) is 0 Å². The van der Waals surface area contributed by atoms with Crippen LogP contribution in [-0.4, -0.2) is 58.7 Å². The maximum atomic E-state index is 13.6. The van der Waals surface area contributed by atoms with Crippen LogP contribution in [0, 0.1) is 40.9 Å². The monoisotopic (exact) mass is 641 g/mol. The minimum Gasteiger partial charge on any atom is -0.390 e. The van der Waals surface area contributed by atoms with Gasteiger partial charge in [0.2, 0.25) is 0 Å². The number of aromatic nitrogens is 6. The van der Waals surface area contributed by atoms with Crippen LogP contribution >= 0.6 is 0 Å². The summed E-state index contributed by atoms with van der Waals surface area (Å²) in [5, 5.41) is 27.1. The Balaban J connectivity index is 0.000000245. The molecule has 0 aromatic carbocycles. The number of carbonyl (C=O) groups excluding carboxylic acids is 2. The molecule has 0 unspecified atom stereocenters. The number of anilines is 1. The normalized spacial score (nSPS) is 34.2. The van der Waals surface area contributed by atoms with Crippen LogP contribution in [0.25, 0.3) is 5.69 Å². The van der Waals surface area contributed by atoms with Crippen molar-refractivity contribution in [1.29, 1.82) is 0 Å². The lowest BCUT2D eigenvalue weighted by atomic mass is 9.49. The highest BCUT2D eigenvalue weighted by Gasteiger charge is 2.58. The first kappa shape index (κ1) is 31.5. The first-order chi connectivity index (χ1) is 22.6. The Morgan fingerprint density at radius 1 is 0.894 bits per heavy atom. The third-order valence-corrected chi connectivity index (χ3v) is 11.9. The Kier molecular flexibility index (Phi) is 8.35. The van der Waals surface area contributed by atoms with Crippen molar-refractivity contribution in [2.75, 3.05) is 11.6 Å². The summed E-state index contributed by atoms with van der Waals surface area (Å²) in [5.41, 5.74) is 0.319. The fraction of sp³-hybridized carbons (Fsp3) is 0.618. The Morgan fingerprint density at radius 2 is 1.64 bits per heavy atom. The fourth-order valence-electron chi connectivity index (χ4n) is 9.83. The summed E-state index contributed by atoms with van der Waals surface area (Å²) in [6.07, 6.45) is 16.2. The van der Waals surface area contributed by atoms with Gasteiger partial charge in [-0.2, -0.15) is 19.5 Å². The van der Waals surface area contributed by atoms with Gasteiger partial charge in [-0.05, 0) is 134 Å². The van der Waals surface area contributed by atoms with Gasteiger partial charge in [-0.15, -0.1) is 0 Å². The Labute approximate surface area is 273 Å². The number of pyridine rings is 2. The molecule has 8 atom stereocenters. The molecule has 0 spiro atoms. The minimum atomic E-state index is -0.487. The van der Waals surface area contributed by atoms with E-state index in [1.54, 1.807) is 49.1 Å². The summed E-state index contributed by atoms with van der Waals surface area (Å²) in [5.74, 6) is 3.42. The maximum Gasteiger partial charge on any atom is 0.368 e. The highest BCUT2D eigenvalue weighted by Crippen LogP contribution is 2.64. The van der Waals surface area contributed by atoms with Crippen LogP contribution < -0.4 is 10.7 Å². The Morgan fingerprint density at radius 3 is 2.34 bits per heavy atom. The predicted octanol–water partition coefficient (Wildman–Crippen LogP) is 4.21. The van der Waals surface area contributed by atoms with Crippen LogP contribution in [0.2, 0.25) is 0 Å². The van der Waals surface area contributed by atoms with Crippen molar-refractivity contribution in [2.45, 2.75) is 83.8 Å². The summed E-state index contributed by atoms with van der Waals surface area (Å²) < 4.78 is 2.40. The van der Waals surface area contributed by atoms with Gasteiger partial charge in [0.05, 0.1) is 29.4 Å². The molecule has 1 N–H and O–H groups in total. The van der Waals surface area contributed by atoms with E-state index in [9.17, 15) is 19.5 Å². The van der Waals surface area contributed by atoms with Crippen LogP contribution in [-0.2, 0) is 16.1 Å². The van der Waals surface area contributed by atoms with Gasteiger partial charge in [0.1, 0.15) is 13.1 Å². The average Bonchev–Trinajstić information content (AvgIpc) is 3.77. The van der Waals surface area contributed by atoms with E-state index in [1.165, 1.54) is 33.6 Å². The van der Waals surface area contributed by atoms with Crippen molar-refractivity contribution < 1.29 is 14.7 Å². The second-order valence-corrected chi connectivity index (χ2v) is 14.7. The lowest BCUT2D eigenvalue weighted by Crippen LogP contribution is -2.51. The van der Waals surface area contributed by atoms with E-state index in [1.807, 2.05) is 6.92 Å². The minimum absolute atomic E-state index is 0.00813.